The smallest absolute Gasteiger partial charge is 0.254 e. The van der Waals surface area contributed by atoms with Gasteiger partial charge in [0.15, 0.2) is 5.78 Å². The van der Waals surface area contributed by atoms with Gasteiger partial charge < -0.3 is 15.7 Å². The number of ketones is 1. The molecule has 1 aliphatic heterocycles. The summed E-state index contributed by atoms with van der Waals surface area (Å²) in [7, 11) is 0. The Hall–Kier alpha value is -4.09. The Morgan fingerprint density at radius 2 is 1.76 bits per heavy atom. The number of nitrogen functional groups attached to an aromatic ring is 1. The van der Waals surface area contributed by atoms with Crippen LogP contribution in [-0.4, -0.2) is 29.2 Å². The molecule has 0 saturated carbocycles. The molecule has 1 aliphatic carbocycles. The lowest BCUT2D eigenvalue weighted by atomic mass is 9.95. The summed E-state index contributed by atoms with van der Waals surface area (Å²) in [6, 6.07) is 22.2. The number of halogens is 1. The molecule has 2 aliphatic rings. The summed E-state index contributed by atoms with van der Waals surface area (Å²) in [5.74, 6) is 0.462. The number of nitrogens with zero attached hydrogens (tertiary/aromatic N) is 1. The van der Waals surface area contributed by atoms with Gasteiger partial charge in [0.2, 0.25) is 0 Å². The molecule has 184 valence electrons. The Kier molecular flexibility index (Phi) is 5.73. The number of alkyl halides is 1. The lowest BCUT2D eigenvalue weighted by Crippen LogP contribution is -2.31. The third-order valence-corrected chi connectivity index (χ3v) is 7.74. The predicted molar refractivity (Wildman–Crippen MR) is 148 cm³/mol. The van der Waals surface area contributed by atoms with Crippen molar-refractivity contribution >= 4 is 51.5 Å². The monoisotopic (exact) mass is 508 g/mol. The number of phenols is 1. The van der Waals surface area contributed by atoms with E-state index in [1.165, 1.54) is 0 Å². The second kappa shape index (κ2) is 9.09. The van der Waals surface area contributed by atoms with E-state index in [0.717, 1.165) is 38.7 Å². The standard InChI is InChI=1S/C31H25ClN2O3/c32-16-23-17-34(27-15-29(36)25-3-1-2-4-26(25)30(23)27)31(37)22-13-20-6-5-18(11-21(20)14-22)12-28(35)19-7-9-24(33)10-8-19/h1-11,14-15,23,36H,12-13,16-17,33H2. The number of benzene rings is 4. The van der Waals surface area contributed by atoms with Gasteiger partial charge >= 0.3 is 0 Å². The average Bonchev–Trinajstić information content (AvgIpc) is 3.50. The third kappa shape index (κ3) is 4.05. The number of Topliss-reactive ketones (excluding diaryl/α,β-unsaturated/α-hetero) is 1. The van der Waals surface area contributed by atoms with Gasteiger partial charge in [0.05, 0.1) is 5.69 Å². The molecule has 0 spiro atoms. The van der Waals surface area contributed by atoms with Crippen molar-refractivity contribution in [1.82, 2.24) is 0 Å². The molecule has 1 heterocycles. The fourth-order valence-corrected chi connectivity index (χ4v) is 5.76. The van der Waals surface area contributed by atoms with Crippen LogP contribution in [0.3, 0.4) is 0 Å². The molecule has 3 N–H and O–H groups in total. The van der Waals surface area contributed by atoms with Crippen LogP contribution in [0.5, 0.6) is 5.75 Å². The molecule has 1 atom stereocenters. The van der Waals surface area contributed by atoms with Gasteiger partial charge in [-0.15, -0.1) is 11.6 Å². The van der Waals surface area contributed by atoms with Gasteiger partial charge in [-0.3, -0.25) is 9.59 Å². The van der Waals surface area contributed by atoms with Gasteiger partial charge in [-0.2, -0.15) is 0 Å². The number of fused-ring (bicyclic) bond motifs is 4. The van der Waals surface area contributed by atoms with E-state index in [0.29, 0.717) is 35.7 Å². The fourth-order valence-electron chi connectivity index (χ4n) is 5.51. The maximum Gasteiger partial charge on any atom is 0.254 e. The lowest BCUT2D eigenvalue weighted by molar-refractivity contribution is -0.115. The SMILES string of the molecule is Nc1ccc(C(=O)Cc2ccc3c(c2)C=C(C(=O)N2CC(CCl)c4c2cc(O)c2ccccc42)C3)cc1. The highest BCUT2D eigenvalue weighted by Gasteiger charge is 2.36. The number of hydrogen-bond donors (Lipinski definition) is 2. The minimum atomic E-state index is -0.0840. The van der Waals surface area contributed by atoms with E-state index in [-0.39, 0.29) is 29.8 Å². The van der Waals surface area contributed by atoms with Crippen LogP contribution in [0, 0.1) is 0 Å². The highest BCUT2D eigenvalue weighted by Crippen LogP contribution is 2.46. The second-order valence-electron chi connectivity index (χ2n) is 9.74. The van der Waals surface area contributed by atoms with Crippen molar-refractivity contribution < 1.29 is 14.7 Å². The maximum absolute atomic E-state index is 13.7. The number of carbonyl (C=O) groups excluding carboxylic acids is 2. The van der Waals surface area contributed by atoms with Crippen LogP contribution in [0.15, 0.2) is 78.4 Å². The molecule has 0 radical (unpaired) electrons. The molecule has 1 unspecified atom stereocenters. The molecule has 6 rings (SSSR count). The van der Waals surface area contributed by atoms with E-state index in [1.807, 2.05) is 48.5 Å². The molecule has 37 heavy (non-hydrogen) atoms. The number of phenolic OH excluding ortho intramolecular Hbond substituents is 1. The van der Waals surface area contributed by atoms with Crippen LogP contribution in [0.25, 0.3) is 16.8 Å². The minimum Gasteiger partial charge on any atom is -0.507 e. The van der Waals surface area contributed by atoms with E-state index in [9.17, 15) is 14.7 Å². The first kappa shape index (κ1) is 23.3. The maximum atomic E-state index is 13.7. The lowest BCUT2D eigenvalue weighted by Gasteiger charge is -2.19. The summed E-state index contributed by atoms with van der Waals surface area (Å²) in [6.07, 6.45) is 2.72. The zero-order valence-electron chi connectivity index (χ0n) is 20.1. The molecule has 4 aromatic rings. The Morgan fingerprint density at radius 3 is 2.51 bits per heavy atom. The van der Waals surface area contributed by atoms with Gasteiger partial charge in [0.25, 0.3) is 5.91 Å². The number of nitrogens with two attached hydrogens (primary N) is 1. The molecule has 0 saturated heterocycles. The van der Waals surface area contributed by atoms with Crippen molar-refractivity contribution in [2.24, 2.45) is 0 Å². The van der Waals surface area contributed by atoms with Crippen LogP contribution in [0.2, 0.25) is 0 Å². The average molecular weight is 509 g/mol. The number of amides is 1. The van der Waals surface area contributed by atoms with Crippen LogP contribution >= 0.6 is 11.6 Å². The van der Waals surface area contributed by atoms with E-state index in [1.54, 1.807) is 35.2 Å². The molecular formula is C31H25ClN2O3. The molecule has 0 aromatic heterocycles. The van der Waals surface area contributed by atoms with Crippen LogP contribution in [-0.2, 0) is 17.6 Å². The second-order valence-corrected chi connectivity index (χ2v) is 10.1. The van der Waals surface area contributed by atoms with Gasteiger partial charge in [-0.25, -0.2) is 0 Å². The zero-order chi connectivity index (χ0) is 25.7. The van der Waals surface area contributed by atoms with Crippen molar-refractivity contribution in [2.45, 2.75) is 18.8 Å². The number of rotatable bonds is 5. The number of aromatic hydroxyl groups is 1. The van der Waals surface area contributed by atoms with E-state index >= 15 is 0 Å². The topological polar surface area (TPSA) is 83.6 Å². The third-order valence-electron chi connectivity index (χ3n) is 7.37. The number of hydrogen-bond acceptors (Lipinski definition) is 4. The Labute approximate surface area is 219 Å². The van der Waals surface area contributed by atoms with Crippen molar-refractivity contribution in [1.29, 1.82) is 0 Å². The summed E-state index contributed by atoms with van der Waals surface area (Å²) < 4.78 is 0. The fraction of sp³-hybridized carbons (Fsp3) is 0.161. The molecular weight excluding hydrogens is 484 g/mol. The van der Waals surface area contributed by atoms with Crippen LogP contribution in [0.1, 0.15) is 38.5 Å². The highest BCUT2D eigenvalue weighted by molar-refractivity contribution is 6.19. The Balaban J connectivity index is 1.27. The Morgan fingerprint density at radius 1 is 1.00 bits per heavy atom. The van der Waals surface area contributed by atoms with Crippen molar-refractivity contribution in [2.75, 3.05) is 23.1 Å². The van der Waals surface area contributed by atoms with Gasteiger partial charge in [0, 0.05) is 59.5 Å². The summed E-state index contributed by atoms with van der Waals surface area (Å²) in [4.78, 5) is 28.2. The number of carbonyl (C=O) groups is 2. The number of anilines is 2. The normalized spacial score (nSPS) is 16.0. The van der Waals surface area contributed by atoms with Crippen LogP contribution in [0.4, 0.5) is 11.4 Å². The molecule has 5 nitrogen and oxygen atoms in total. The molecule has 6 heteroatoms. The quantitative estimate of drug-likeness (QED) is 0.201. The summed E-state index contributed by atoms with van der Waals surface area (Å²) in [6.45, 7) is 0.472. The van der Waals surface area contributed by atoms with Gasteiger partial charge in [0.1, 0.15) is 5.75 Å². The van der Waals surface area contributed by atoms with Gasteiger partial charge in [-0.1, -0.05) is 42.5 Å². The molecule has 1 amide bonds. The summed E-state index contributed by atoms with van der Waals surface area (Å²) >= 11 is 6.34. The van der Waals surface area contributed by atoms with Crippen LogP contribution < -0.4 is 10.6 Å². The van der Waals surface area contributed by atoms with Crippen molar-refractivity contribution in [3.8, 4) is 5.75 Å². The van der Waals surface area contributed by atoms with Gasteiger partial charge in [-0.05, 0) is 58.0 Å². The predicted octanol–water partition coefficient (Wildman–Crippen LogP) is 5.86. The highest BCUT2D eigenvalue weighted by atomic mass is 35.5. The zero-order valence-corrected chi connectivity index (χ0v) is 20.8. The molecule has 0 fully saturated rings. The minimum absolute atomic E-state index is 0.0125. The molecule has 0 bridgehead atoms. The first-order valence-corrected chi connectivity index (χ1v) is 12.8. The first-order valence-electron chi connectivity index (χ1n) is 12.3. The summed E-state index contributed by atoms with van der Waals surface area (Å²) in [5, 5.41) is 12.4. The molecule has 4 aromatic carbocycles. The summed E-state index contributed by atoms with van der Waals surface area (Å²) in [5.41, 5.74) is 12.3. The van der Waals surface area contributed by atoms with Crippen molar-refractivity contribution in [3.63, 3.8) is 0 Å². The van der Waals surface area contributed by atoms with E-state index in [2.05, 4.69) is 0 Å². The first-order chi connectivity index (χ1) is 17.9. The van der Waals surface area contributed by atoms with E-state index < -0.39 is 0 Å². The largest absolute Gasteiger partial charge is 0.507 e. The Bertz CT molecular complexity index is 1610. The van der Waals surface area contributed by atoms with Crippen molar-refractivity contribution in [3.05, 3.63) is 106 Å². The van der Waals surface area contributed by atoms with E-state index in [4.69, 9.17) is 17.3 Å².